The van der Waals surface area contributed by atoms with E-state index >= 15 is 0 Å². The molecule has 9 heteroatoms. The van der Waals surface area contributed by atoms with Crippen LogP contribution in [0.5, 0.6) is 5.75 Å². The second-order valence-corrected chi connectivity index (χ2v) is 9.05. The van der Waals surface area contributed by atoms with Gasteiger partial charge in [0.1, 0.15) is 10.8 Å². The highest BCUT2D eigenvalue weighted by atomic mass is 79.9. The molecule has 148 valence electrons. The Morgan fingerprint density at radius 3 is 2.79 bits per heavy atom. The summed E-state index contributed by atoms with van der Waals surface area (Å²) in [6, 6.07) is 4.98. The number of hydrogen-bond donors (Lipinski definition) is 3. The van der Waals surface area contributed by atoms with Crippen LogP contribution in [0.4, 0.5) is 5.00 Å². The summed E-state index contributed by atoms with van der Waals surface area (Å²) in [6.07, 6.45) is 2.77. The number of carbonyl (C=O) groups is 2. The van der Waals surface area contributed by atoms with E-state index in [-0.39, 0.29) is 11.0 Å². The predicted molar refractivity (Wildman–Crippen MR) is 118 cm³/mol. The second kappa shape index (κ2) is 8.59. The highest BCUT2D eigenvalue weighted by Crippen LogP contribution is 2.39. The molecule has 1 aliphatic rings. The summed E-state index contributed by atoms with van der Waals surface area (Å²) in [4.78, 5) is 25.6. The summed E-state index contributed by atoms with van der Waals surface area (Å²) in [6.45, 7) is 2.19. The molecular weight excluding hydrogens is 462 g/mol. The molecule has 0 saturated carbocycles. The first-order chi connectivity index (χ1) is 13.3. The van der Waals surface area contributed by atoms with Crippen molar-refractivity contribution in [3.8, 4) is 5.75 Å². The van der Waals surface area contributed by atoms with E-state index in [0.29, 0.717) is 32.3 Å². The maximum atomic E-state index is 12.5. The largest absolute Gasteiger partial charge is 0.496 e. The van der Waals surface area contributed by atoms with Gasteiger partial charge in [0.15, 0.2) is 5.11 Å². The van der Waals surface area contributed by atoms with Crippen molar-refractivity contribution in [2.45, 2.75) is 26.2 Å². The zero-order valence-corrected chi connectivity index (χ0v) is 18.6. The van der Waals surface area contributed by atoms with Gasteiger partial charge >= 0.3 is 0 Å². The number of thiocarbonyl (C=S) groups is 1. The second-order valence-electron chi connectivity index (χ2n) is 6.68. The van der Waals surface area contributed by atoms with Crippen molar-refractivity contribution < 1.29 is 14.3 Å². The van der Waals surface area contributed by atoms with Gasteiger partial charge in [-0.25, -0.2) is 0 Å². The van der Waals surface area contributed by atoms with E-state index < -0.39 is 5.91 Å². The molecule has 2 aromatic rings. The lowest BCUT2D eigenvalue weighted by Gasteiger charge is -2.18. The van der Waals surface area contributed by atoms with Crippen molar-refractivity contribution >= 4 is 61.4 Å². The van der Waals surface area contributed by atoms with Gasteiger partial charge in [0.05, 0.1) is 17.1 Å². The molecule has 6 nitrogen and oxygen atoms in total. The van der Waals surface area contributed by atoms with E-state index in [9.17, 15) is 9.59 Å². The van der Waals surface area contributed by atoms with Crippen molar-refractivity contribution in [2.24, 2.45) is 11.7 Å². The molecule has 0 unspecified atom stereocenters. The van der Waals surface area contributed by atoms with Crippen molar-refractivity contribution in [1.82, 2.24) is 5.32 Å². The minimum absolute atomic E-state index is 0.117. The Bertz CT molecular complexity index is 958. The molecule has 0 bridgehead atoms. The van der Waals surface area contributed by atoms with Crippen molar-refractivity contribution in [3.05, 3.63) is 44.2 Å². The standard InChI is InChI=1S/C19H20BrN3O3S2/c1-9-3-5-11-14(7-9)28-18(15(11)16(21)24)23-19(27)22-17(25)10-4-6-13(26-2)12(20)8-10/h4,6,8-9H,3,5,7H2,1-2H3,(H2,21,24)(H2,22,23,25,27)/t9-/m1/s1. The zero-order chi connectivity index (χ0) is 20.4. The van der Waals surface area contributed by atoms with E-state index in [4.69, 9.17) is 22.7 Å². The number of anilines is 1. The number of halogens is 1. The number of nitrogens with two attached hydrogens (primary N) is 1. The molecule has 1 aromatic heterocycles. The van der Waals surface area contributed by atoms with Gasteiger partial charge in [-0.3, -0.25) is 14.9 Å². The maximum Gasteiger partial charge on any atom is 0.257 e. The van der Waals surface area contributed by atoms with Crippen molar-refractivity contribution in [1.29, 1.82) is 0 Å². The molecule has 3 rings (SSSR count). The Kier molecular flexibility index (Phi) is 6.36. The van der Waals surface area contributed by atoms with Gasteiger partial charge in [0.2, 0.25) is 0 Å². The first kappa shape index (κ1) is 20.8. The number of hydrogen-bond acceptors (Lipinski definition) is 5. The van der Waals surface area contributed by atoms with E-state index in [1.807, 2.05) is 0 Å². The third kappa shape index (κ3) is 4.37. The van der Waals surface area contributed by atoms with Crippen LogP contribution >= 0.6 is 39.5 Å². The summed E-state index contributed by atoms with van der Waals surface area (Å²) >= 11 is 10.1. The highest BCUT2D eigenvalue weighted by molar-refractivity contribution is 9.10. The third-order valence-electron chi connectivity index (χ3n) is 4.63. The minimum atomic E-state index is -0.484. The fourth-order valence-electron chi connectivity index (χ4n) is 3.22. The van der Waals surface area contributed by atoms with Crippen LogP contribution in [0.3, 0.4) is 0 Å². The van der Waals surface area contributed by atoms with Gasteiger partial charge in [0, 0.05) is 10.4 Å². The van der Waals surface area contributed by atoms with Crippen LogP contribution in [-0.4, -0.2) is 24.0 Å². The summed E-state index contributed by atoms with van der Waals surface area (Å²) in [5, 5.41) is 6.33. The number of rotatable bonds is 4. The first-order valence-electron chi connectivity index (χ1n) is 8.70. The lowest BCUT2D eigenvalue weighted by Crippen LogP contribution is -2.34. The Labute approximate surface area is 181 Å². The van der Waals surface area contributed by atoms with Crippen LogP contribution in [0.25, 0.3) is 0 Å². The molecular formula is C19H20BrN3O3S2. The molecule has 2 amide bonds. The van der Waals surface area contributed by atoms with Crippen molar-refractivity contribution in [2.75, 3.05) is 12.4 Å². The number of amides is 2. The highest BCUT2D eigenvalue weighted by Gasteiger charge is 2.27. The van der Waals surface area contributed by atoms with E-state index in [1.54, 1.807) is 25.3 Å². The number of fused-ring (bicyclic) bond motifs is 1. The molecule has 1 atom stereocenters. The van der Waals surface area contributed by atoms with Crippen LogP contribution < -0.4 is 21.1 Å². The summed E-state index contributed by atoms with van der Waals surface area (Å²) in [7, 11) is 1.55. The van der Waals surface area contributed by atoms with Gasteiger partial charge in [-0.15, -0.1) is 11.3 Å². The van der Waals surface area contributed by atoms with Gasteiger partial charge in [-0.2, -0.15) is 0 Å². The third-order valence-corrected chi connectivity index (χ3v) is 6.62. The van der Waals surface area contributed by atoms with Gasteiger partial charge in [0.25, 0.3) is 11.8 Å². The first-order valence-corrected chi connectivity index (χ1v) is 10.7. The smallest absolute Gasteiger partial charge is 0.257 e. The van der Waals surface area contributed by atoms with Gasteiger partial charge < -0.3 is 15.8 Å². The van der Waals surface area contributed by atoms with E-state index in [1.165, 1.54) is 11.3 Å². The number of thiophene rings is 1. The van der Waals surface area contributed by atoms with Crippen LogP contribution in [0.1, 0.15) is 44.5 Å². The van der Waals surface area contributed by atoms with Gasteiger partial charge in [-0.1, -0.05) is 6.92 Å². The molecule has 0 aliphatic heterocycles. The molecule has 0 saturated heterocycles. The monoisotopic (exact) mass is 481 g/mol. The molecule has 4 N–H and O–H groups in total. The quantitative estimate of drug-likeness (QED) is 0.576. The molecule has 1 heterocycles. The average Bonchev–Trinajstić information content (AvgIpc) is 2.98. The summed E-state index contributed by atoms with van der Waals surface area (Å²) in [5.41, 5.74) is 7.52. The number of methoxy groups -OCH3 is 1. The summed E-state index contributed by atoms with van der Waals surface area (Å²) in [5.74, 6) is 0.348. The summed E-state index contributed by atoms with van der Waals surface area (Å²) < 4.78 is 5.83. The fourth-order valence-corrected chi connectivity index (χ4v) is 5.44. The average molecular weight is 482 g/mol. The Balaban J connectivity index is 1.75. The number of nitrogens with one attached hydrogen (secondary N) is 2. The topological polar surface area (TPSA) is 93.4 Å². The molecule has 0 radical (unpaired) electrons. The van der Waals surface area contributed by atoms with E-state index in [2.05, 4.69) is 33.5 Å². The Morgan fingerprint density at radius 1 is 1.39 bits per heavy atom. The normalized spacial score (nSPS) is 15.5. The van der Waals surface area contributed by atoms with Crippen LogP contribution in [-0.2, 0) is 12.8 Å². The SMILES string of the molecule is COc1ccc(C(=O)NC(=S)Nc2sc3c(c2C(N)=O)CC[C@@H](C)C3)cc1Br. The number of primary amides is 1. The van der Waals surface area contributed by atoms with Crippen LogP contribution in [0.15, 0.2) is 22.7 Å². The fraction of sp³-hybridized carbons (Fsp3) is 0.316. The van der Waals surface area contributed by atoms with Crippen LogP contribution in [0.2, 0.25) is 0 Å². The molecule has 0 spiro atoms. The molecule has 28 heavy (non-hydrogen) atoms. The molecule has 1 aliphatic carbocycles. The minimum Gasteiger partial charge on any atom is -0.496 e. The Morgan fingerprint density at radius 2 is 2.14 bits per heavy atom. The predicted octanol–water partition coefficient (Wildman–Crippen LogP) is 3.87. The lowest BCUT2D eigenvalue weighted by molar-refractivity contribution is 0.0975. The van der Waals surface area contributed by atoms with E-state index in [0.717, 1.165) is 29.7 Å². The maximum absolute atomic E-state index is 12.5. The number of carbonyl (C=O) groups excluding carboxylic acids is 2. The number of benzene rings is 1. The zero-order valence-electron chi connectivity index (χ0n) is 15.4. The van der Waals surface area contributed by atoms with Gasteiger partial charge in [-0.05, 0) is 77.1 Å². The number of ether oxygens (including phenoxy) is 1. The lowest BCUT2D eigenvalue weighted by atomic mass is 9.88. The molecule has 1 aromatic carbocycles. The Hall–Kier alpha value is -1.97. The van der Waals surface area contributed by atoms with Crippen molar-refractivity contribution in [3.63, 3.8) is 0 Å². The van der Waals surface area contributed by atoms with Crippen LogP contribution in [0, 0.1) is 5.92 Å². The molecule has 0 fully saturated rings.